The summed E-state index contributed by atoms with van der Waals surface area (Å²) in [5, 5.41) is 1.08. The van der Waals surface area contributed by atoms with Gasteiger partial charge in [0, 0.05) is 29.9 Å². The van der Waals surface area contributed by atoms with Crippen LogP contribution in [0, 0.1) is 0 Å². The van der Waals surface area contributed by atoms with Crippen LogP contribution in [0.4, 0.5) is 0 Å². The molecule has 1 aliphatic carbocycles. The van der Waals surface area contributed by atoms with Crippen molar-refractivity contribution in [3.63, 3.8) is 0 Å². The van der Waals surface area contributed by atoms with Crippen molar-refractivity contribution in [2.24, 2.45) is 0 Å². The van der Waals surface area contributed by atoms with E-state index in [4.69, 9.17) is 32.7 Å². The van der Waals surface area contributed by atoms with Crippen LogP contribution in [-0.4, -0.2) is 17.7 Å². The number of hydrogen-bond donors (Lipinski definition) is 0. The molecule has 5 heteroatoms. The van der Waals surface area contributed by atoms with Gasteiger partial charge in [0.05, 0.1) is 17.2 Å². The van der Waals surface area contributed by atoms with E-state index >= 15 is 0 Å². The number of halogens is 2. The first-order chi connectivity index (χ1) is 12.1. The van der Waals surface area contributed by atoms with Crippen LogP contribution in [0.15, 0.2) is 24.5 Å². The highest BCUT2D eigenvalue weighted by Crippen LogP contribution is 2.49. The molecule has 4 rings (SSSR count). The van der Waals surface area contributed by atoms with E-state index < -0.39 is 0 Å². The van der Waals surface area contributed by atoms with Crippen molar-refractivity contribution in [2.45, 2.75) is 37.7 Å². The lowest BCUT2D eigenvalue weighted by molar-refractivity contribution is 0.0996. The van der Waals surface area contributed by atoms with Gasteiger partial charge in [0.1, 0.15) is 5.60 Å². The molecule has 1 saturated carbocycles. The first kappa shape index (κ1) is 16.7. The fourth-order valence-electron chi connectivity index (χ4n) is 3.86. The molecule has 130 valence electrons. The third-order valence-electron chi connectivity index (χ3n) is 5.13. The highest BCUT2D eigenvalue weighted by molar-refractivity contribution is 6.37. The van der Waals surface area contributed by atoms with Gasteiger partial charge in [-0.2, -0.15) is 0 Å². The van der Waals surface area contributed by atoms with Gasteiger partial charge in [0.25, 0.3) is 0 Å². The summed E-state index contributed by atoms with van der Waals surface area (Å²) in [6.45, 7) is 0. The third-order valence-corrected chi connectivity index (χ3v) is 5.74. The lowest BCUT2D eigenvalue weighted by Crippen LogP contribution is -2.30. The summed E-state index contributed by atoms with van der Waals surface area (Å²) >= 11 is 12.4. The van der Waals surface area contributed by atoms with E-state index in [0.29, 0.717) is 10.0 Å². The molecule has 3 nitrogen and oxygen atoms in total. The van der Waals surface area contributed by atoms with Crippen LogP contribution < -0.4 is 9.47 Å². The van der Waals surface area contributed by atoms with Gasteiger partial charge in [0.15, 0.2) is 11.5 Å². The molecule has 0 radical (unpaired) electrons. The molecule has 25 heavy (non-hydrogen) atoms. The van der Waals surface area contributed by atoms with Gasteiger partial charge < -0.3 is 9.47 Å². The highest BCUT2D eigenvalue weighted by atomic mass is 35.5. The van der Waals surface area contributed by atoms with Crippen molar-refractivity contribution >= 4 is 35.4 Å². The van der Waals surface area contributed by atoms with Gasteiger partial charge in [-0.15, -0.1) is 0 Å². The van der Waals surface area contributed by atoms with Crippen LogP contribution in [0.3, 0.4) is 0 Å². The molecule has 0 saturated heterocycles. The zero-order valence-corrected chi connectivity index (χ0v) is 15.5. The zero-order valence-electron chi connectivity index (χ0n) is 14.0. The third kappa shape index (κ3) is 3.00. The second-order valence-corrected chi connectivity index (χ2v) is 7.50. The summed E-state index contributed by atoms with van der Waals surface area (Å²) < 4.78 is 11.9. The number of rotatable bonds is 3. The molecule has 2 aliphatic rings. The van der Waals surface area contributed by atoms with Crippen molar-refractivity contribution in [3.8, 4) is 11.5 Å². The lowest BCUT2D eigenvalue weighted by atomic mass is 9.92. The molecular formula is C20H19Cl2NO2. The Balaban J connectivity index is 1.73. The average Bonchev–Trinajstić information content (AvgIpc) is 3.21. The molecule has 1 aliphatic heterocycles. The summed E-state index contributed by atoms with van der Waals surface area (Å²) in [5.41, 5.74) is 3.05. The molecule has 0 bridgehead atoms. The molecular weight excluding hydrogens is 357 g/mol. The fourth-order valence-corrected chi connectivity index (χ4v) is 4.35. The maximum absolute atomic E-state index is 6.40. The van der Waals surface area contributed by atoms with Gasteiger partial charge in [-0.3, -0.25) is 4.98 Å². The predicted molar refractivity (Wildman–Crippen MR) is 102 cm³/mol. The summed E-state index contributed by atoms with van der Waals surface area (Å²) in [6, 6.07) is 4.02. The smallest absolute Gasteiger partial charge is 0.165 e. The van der Waals surface area contributed by atoms with Crippen LogP contribution in [-0.2, 0) is 6.42 Å². The Morgan fingerprint density at radius 3 is 2.52 bits per heavy atom. The van der Waals surface area contributed by atoms with Crippen LogP contribution in [0.25, 0.3) is 12.2 Å². The zero-order chi connectivity index (χ0) is 17.4. The van der Waals surface area contributed by atoms with Crippen LogP contribution in [0.1, 0.15) is 42.4 Å². The van der Waals surface area contributed by atoms with Gasteiger partial charge in [0.2, 0.25) is 0 Å². The second-order valence-electron chi connectivity index (χ2n) is 6.68. The van der Waals surface area contributed by atoms with Crippen molar-refractivity contribution in [3.05, 3.63) is 51.3 Å². The fraction of sp³-hybridized carbons (Fsp3) is 0.350. The number of ether oxygens (including phenoxy) is 2. The summed E-state index contributed by atoms with van der Waals surface area (Å²) in [7, 11) is 1.69. The standard InChI is InChI=1S/C20H19Cl2NO2/c1-24-18-7-5-13(4-6-14-16(21)11-23-12-17(14)22)15-10-20(25-19(15)18)8-2-3-9-20/h4-7,11-12H,2-3,8-10H2,1H3. The second kappa shape index (κ2) is 6.54. The average molecular weight is 376 g/mol. The summed E-state index contributed by atoms with van der Waals surface area (Å²) in [6.07, 6.45) is 12.8. The van der Waals surface area contributed by atoms with E-state index in [1.54, 1.807) is 19.5 Å². The van der Waals surface area contributed by atoms with Crippen molar-refractivity contribution in [1.29, 1.82) is 0 Å². The Morgan fingerprint density at radius 2 is 1.84 bits per heavy atom. The maximum Gasteiger partial charge on any atom is 0.165 e. The molecule has 1 spiro atoms. The Labute approximate surface area is 157 Å². The summed E-state index contributed by atoms with van der Waals surface area (Å²) in [4.78, 5) is 3.99. The van der Waals surface area contributed by atoms with Gasteiger partial charge in [-0.05, 0) is 37.3 Å². The maximum atomic E-state index is 6.40. The van der Waals surface area contributed by atoms with Gasteiger partial charge in [-0.1, -0.05) is 41.4 Å². The Hall–Kier alpha value is -1.71. The number of benzene rings is 1. The van der Waals surface area contributed by atoms with Crippen molar-refractivity contribution in [1.82, 2.24) is 4.98 Å². The Kier molecular flexibility index (Phi) is 4.38. The number of methoxy groups -OCH3 is 1. The molecule has 1 aromatic heterocycles. The Morgan fingerprint density at radius 1 is 1.12 bits per heavy atom. The minimum absolute atomic E-state index is 0.0501. The quantitative estimate of drug-likeness (QED) is 0.677. The molecule has 2 aromatic rings. The van der Waals surface area contributed by atoms with Gasteiger partial charge in [-0.25, -0.2) is 0 Å². The minimum Gasteiger partial charge on any atom is -0.493 e. The first-order valence-corrected chi connectivity index (χ1v) is 9.23. The molecule has 0 atom stereocenters. The van der Waals surface area contributed by atoms with E-state index in [9.17, 15) is 0 Å². The number of aromatic nitrogens is 1. The van der Waals surface area contributed by atoms with E-state index in [2.05, 4.69) is 11.1 Å². The molecule has 0 amide bonds. The number of fused-ring (bicyclic) bond motifs is 1. The minimum atomic E-state index is -0.0501. The van der Waals surface area contributed by atoms with Crippen LogP contribution in [0.5, 0.6) is 11.5 Å². The monoisotopic (exact) mass is 375 g/mol. The summed E-state index contributed by atoms with van der Waals surface area (Å²) in [5.74, 6) is 1.69. The van der Waals surface area contributed by atoms with Crippen molar-refractivity contribution < 1.29 is 9.47 Å². The molecule has 0 unspecified atom stereocenters. The van der Waals surface area contributed by atoms with Gasteiger partial charge >= 0.3 is 0 Å². The van der Waals surface area contributed by atoms with E-state index in [-0.39, 0.29) is 5.60 Å². The van der Waals surface area contributed by atoms with E-state index in [1.165, 1.54) is 18.4 Å². The number of hydrogen-bond acceptors (Lipinski definition) is 3. The molecule has 1 aromatic carbocycles. The van der Waals surface area contributed by atoms with Crippen LogP contribution in [0.2, 0.25) is 10.0 Å². The molecule has 2 heterocycles. The van der Waals surface area contributed by atoms with Crippen molar-refractivity contribution in [2.75, 3.05) is 7.11 Å². The largest absolute Gasteiger partial charge is 0.493 e. The number of nitrogens with zero attached hydrogens (tertiary/aromatic N) is 1. The van der Waals surface area contributed by atoms with E-state index in [1.807, 2.05) is 18.2 Å². The highest BCUT2D eigenvalue weighted by Gasteiger charge is 2.43. The lowest BCUT2D eigenvalue weighted by Gasteiger charge is -2.22. The SMILES string of the molecule is COc1ccc(C=Cc2c(Cl)cncc2Cl)c2c1OC1(CCCC1)C2. The van der Waals surface area contributed by atoms with Crippen LogP contribution >= 0.6 is 23.2 Å². The topological polar surface area (TPSA) is 31.4 Å². The number of pyridine rings is 1. The Bertz CT molecular complexity index is 822. The normalized spacial score (nSPS) is 17.9. The molecule has 0 N–H and O–H groups in total. The van der Waals surface area contributed by atoms with E-state index in [0.717, 1.165) is 41.9 Å². The first-order valence-electron chi connectivity index (χ1n) is 8.48. The molecule has 1 fully saturated rings. The predicted octanol–water partition coefficient (Wildman–Crippen LogP) is 5.82.